The molecule has 0 unspecified atom stereocenters. The second kappa shape index (κ2) is 11.5. The first-order valence-electron chi connectivity index (χ1n) is 12.1. The van der Waals surface area contributed by atoms with E-state index in [0.29, 0.717) is 31.1 Å². The van der Waals surface area contributed by atoms with Crippen LogP contribution in [0.4, 0.5) is 16.8 Å². The van der Waals surface area contributed by atoms with Crippen molar-refractivity contribution < 1.29 is 14.7 Å². The zero-order valence-electron chi connectivity index (χ0n) is 20.8. The number of thiazole rings is 1. The molecular formula is C26H32N6O3S. The van der Waals surface area contributed by atoms with E-state index in [2.05, 4.69) is 15.3 Å². The van der Waals surface area contributed by atoms with Gasteiger partial charge in [0.15, 0.2) is 5.13 Å². The summed E-state index contributed by atoms with van der Waals surface area (Å²) < 4.78 is 0. The molecule has 9 nitrogen and oxygen atoms in total. The van der Waals surface area contributed by atoms with E-state index in [9.17, 15) is 14.7 Å². The Morgan fingerprint density at radius 1 is 1.11 bits per heavy atom. The Morgan fingerprint density at radius 2 is 1.89 bits per heavy atom. The van der Waals surface area contributed by atoms with Gasteiger partial charge in [-0.05, 0) is 68.4 Å². The summed E-state index contributed by atoms with van der Waals surface area (Å²) in [7, 11) is 3.49. The van der Waals surface area contributed by atoms with Crippen LogP contribution in [0.15, 0.2) is 42.7 Å². The number of carboxylic acids is 1. The third kappa shape index (κ3) is 6.57. The number of carboxylic acid groups (broad SMARTS) is 1. The van der Waals surface area contributed by atoms with Gasteiger partial charge in [0.2, 0.25) is 5.91 Å². The Labute approximate surface area is 215 Å². The van der Waals surface area contributed by atoms with E-state index >= 15 is 0 Å². The molecule has 0 radical (unpaired) electrons. The molecule has 0 spiro atoms. The van der Waals surface area contributed by atoms with E-state index in [1.165, 1.54) is 11.3 Å². The highest BCUT2D eigenvalue weighted by Crippen LogP contribution is 2.34. The summed E-state index contributed by atoms with van der Waals surface area (Å²) in [5, 5.41) is 13.3. The number of hydrogen-bond donors (Lipinski definition) is 2. The van der Waals surface area contributed by atoms with Crippen molar-refractivity contribution in [1.82, 2.24) is 19.9 Å². The number of aryl methyl sites for hydroxylation is 1. The summed E-state index contributed by atoms with van der Waals surface area (Å²) in [6.45, 7) is 2.92. The van der Waals surface area contributed by atoms with Crippen molar-refractivity contribution in [2.45, 2.75) is 32.6 Å². The van der Waals surface area contributed by atoms with Crippen molar-refractivity contribution in [3.63, 3.8) is 0 Å². The molecule has 3 aromatic rings. The highest BCUT2D eigenvalue weighted by molar-refractivity contribution is 7.18. The fraction of sp³-hybridized carbons (Fsp3) is 0.423. The van der Waals surface area contributed by atoms with Crippen LogP contribution in [0, 0.1) is 18.8 Å². The van der Waals surface area contributed by atoms with E-state index in [1.54, 1.807) is 31.4 Å². The zero-order chi connectivity index (χ0) is 25.7. The minimum Gasteiger partial charge on any atom is -0.481 e. The summed E-state index contributed by atoms with van der Waals surface area (Å²) in [5.41, 5.74) is 1.90. The monoisotopic (exact) mass is 508 g/mol. The largest absolute Gasteiger partial charge is 0.481 e. The molecule has 1 aliphatic carbocycles. The maximum absolute atomic E-state index is 12.6. The van der Waals surface area contributed by atoms with E-state index in [4.69, 9.17) is 4.98 Å². The number of hydrogen-bond acceptors (Lipinski definition) is 8. The third-order valence-electron chi connectivity index (χ3n) is 6.44. The minimum atomic E-state index is -0.708. The highest BCUT2D eigenvalue weighted by atomic mass is 32.1. The van der Waals surface area contributed by atoms with Crippen molar-refractivity contribution >= 4 is 40.0 Å². The number of anilines is 3. The van der Waals surface area contributed by atoms with Crippen LogP contribution in [0.3, 0.4) is 0 Å². The lowest BCUT2D eigenvalue weighted by atomic mass is 9.82. The predicted octanol–water partition coefficient (Wildman–Crippen LogP) is 4.44. The van der Waals surface area contributed by atoms with Gasteiger partial charge in [-0.1, -0.05) is 17.4 Å². The van der Waals surface area contributed by atoms with Crippen LogP contribution in [-0.4, -0.2) is 64.0 Å². The normalized spacial score (nSPS) is 17.4. The molecule has 1 saturated carbocycles. The Hall–Kier alpha value is -3.53. The van der Waals surface area contributed by atoms with Gasteiger partial charge in [-0.2, -0.15) is 0 Å². The number of carbonyl (C=O) groups excluding carboxylic acids is 1. The molecule has 1 amide bonds. The molecule has 0 saturated heterocycles. The Morgan fingerprint density at radius 3 is 2.58 bits per heavy atom. The van der Waals surface area contributed by atoms with E-state index in [0.717, 1.165) is 39.9 Å². The molecule has 3 heterocycles. The molecule has 4 rings (SSSR count). The average Bonchev–Trinajstić information content (AvgIpc) is 3.34. The van der Waals surface area contributed by atoms with E-state index in [1.807, 2.05) is 42.2 Å². The maximum Gasteiger partial charge on any atom is 0.306 e. The molecule has 1 aliphatic rings. The molecule has 0 aromatic carbocycles. The Bertz CT molecular complexity index is 1210. The van der Waals surface area contributed by atoms with Crippen LogP contribution in [0.25, 0.3) is 10.6 Å². The van der Waals surface area contributed by atoms with Crippen LogP contribution in [0.1, 0.15) is 31.2 Å². The number of aliphatic carboxylic acids is 1. The van der Waals surface area contributed by atoms with Gasteiger partial charge >= 0.3 is 5.97 Å². The van der Waals surface area contributed by atoms with Crippen molar-refractivity contribution in [2.24, 2.45) is 11.8 Å². The van der Waals surface area contributed by atoms with Crippen molar-refractivity contribution in [1.29, 1.82) is 0 Å². The van der Waals surface area contributed by atoms with Crippen LogP contribution in [-0.2, 0) is 9.59 Å². The van der Waals surface area contributed by atoms with Gasteiger partial charge in [0.05, 0.1) is 23.0 Å². The van der Waals surface area contributed by atoms with Gasteiger partial charge in [-0.15, -0.1) is 0 Å². The SMILES string of the molecule is Cc1ccnc(Nc2cccc(-c3cnc(N(CC(=O)N(C)C)CC4CCC(C(=O)O)CC4)s3)n2)c1. The number of aromatic nitrogens is 3. The molecule has 0 aliphatic heterocycles. The molecule has 190 valence electrons. The van der Waals surface area contributed by atoms with Crippen LogP contribution < -0.4 is 10.2 Å². The second-order valence-corrected chi connectivity index (χ2v) is 10.5. The maximum atomic E-state index is 12.6. The van der Waals surface area contributed by atoms with Crippen molar-refractivity contribution in [2.75, 3.05) is 37.4 Å². The first-order valence-corrected chi connectivity index (χ1v) is 12.9. The van der Waals surface area contributed by atoms with Gasteiger partial charge in [0.1, 0.15) is 11.6 Å². The Balaban J connectivity index is 1.50. The number of likely N-dealkylation sites (N-methyl/N-ethyl adjacent to an activating group) is 1. The summed E-state index contributed by atoms with van der Waals surface area (Å²) in [6.07, 6.45) is 6.59. The molecule has 0 atom stereocenters. The molecule has 0 bridgehead atoms. The zero-order valence-corrected chi connectivity index (χ0v) is 21.7. The first-order chi connectivity index (χ1) is 17.3. The number of nitrogens with zero attached hydrogens (tertiary/aromatic N) is 5. The second-order valence-electron chi connectivity index (χ2n) is 9.48. The topological polar surface area (TPSA) is 112 Å². The minimum absolute atomic E-state index is 0.000879. The Kier molecular flexibility index (Phi) is 8.14. The average molecular weight is 509 g/mol. The molecule has 3 aromatic heterocycles. The number of carbonyl (C=O) groups is 2. The van der Waals surface area contributed by atoms with Crippen molar-refractivity contribution in [3.8, 4) is 10.6 Å². The van der Waals surface area contributed by atoms with Crippen LogP contribution in [0.2, 0.25) is 0 Å². The molecule has 2 N–H and O–H groups in total. The first kappa shape index (κ1) is 25.6. The van der Waals surface area contributed by atoms with Gasteiger partial charge in [-0.25, -0.2) is 15.0 Å². The summed E-state index contributed by atoms with van der Waals surface area (Å²) >= 11 is 1.50. The van der Waals surface area contributed by atoms with Gasteiger partial charge < -0.3 is 20.2 Å². The fourth-order valence-corrected chi connectivity index (χ4v) is 5.22. The predicted molar refractivity (Wildman–Crippen MR) is 142 cm³/mol. The van der Waals surface area contributed by atoms with Crippen molar-refractivity contribution in [3.05, 3.63) is 48.3 Å². The lowest BCUT2D eigenvalue weighted by Gasteiger charge is -2.31. The summed E-state index contributed by atoms with van der Waals surface area (Å²) in [5.74, 6) is 0.786. The van der Waals surface area contributed by atoms with E-state index in [-0.39, 0.29) is 18.4 Å². The third-order valence-corrected chi connectivity index (χ3v) is 7.52. The number of pyridine rings is 2. The van der Waals surface area contributed by atoms with Gasteiger partial charge in [0, 0.05) is 33.0 Å². The molecule has 1 fully saturated rings. The highest BCUT2D eigenvalue weighted by Gasteiger charge is 2.28. The standard InChI is InChI=1S/C26H32N6O3S/c1-17-11-12-27-23(13-17)30-22-6-4-5-20(29-22)21-14-28-26(36-21)32(16-24(33)31(2)3)15-18-7-9-19(10-8-18)25(34)35/h4-6,11-14,18-19H,7-10,15-16H2,1-3H3,(H,34,35)(H,27,29,30). The number of nitrogens with one attached hydrogen (secondary N) is 1. The molecular weight excluding hydrogens is 476 g/mol. The van der Waals surface area contributed by atoms with Crippen LogP contribution in [0.5, 0.6) is 0 Å². The van der Waals surface area contributed by atoms with E-state index < -0.39 is 5.97 Å². The number of rotatable bonds is 9. The molecule has 36 heavy (non-hydrogen) atoms. The quantitative estimate of drug-likeness (QED) is 0.436. The summed E-state index contributed by atoms with van der Waals surface area (Å²) in [6, 6.07) is 9.68. The lowest BCUT2D eigenvalue weighted by molar-refractivity contribution is -0.143. The smallest absolute Gasteiger partial charge is 0.306 e. The summed E-state index contributed by atoms with van der Waals surface area (Å²) in [4.78, 5) is 42.1. The number of amides is 1. The fourth-order valence-electron chi connectivity index (χ4n) is 4.33. The van der Waals surface area contributed by atoms with Gasteiger partial charge in [-0.3, -0.25) is 9.59 Å². The van der Waals surface area contributed by atoms with Crippen LogP contribution >= 0.6 is 11.3 Å². The lowest BCUT2D eigenvalue weighted by Crippen LogP contribution is -2.40. The molecule has 10 heteroatoms. The van der Waals surface area contributed by atoms with Gasteiger partial charge in [0.25, 0.3) is 0 Å².